The van der Waals surface area contributed by atoms with Gasteiger partial charge in [0, 0.05) is 51.6 Å². The molecule has 172 valence electrons. The lowest BCUT2D eigenvalue weighted by Gasteiger charge is -2.39. The van der Waals surface area contributed by atoms with Crippen molar-refractivity contribution in [3.63, 3.8) is 0 Å². The zero-order chi connectivity index (χ0) is 23.7. The van der Waals surface area contributed by atoms with Gasteiger partial charge in [-0.1, -0.05) is 35.7 Å². The van der Waals surface area contributed by atoms with Crippen LogP contribution in [0.15, 0.2) is 66.9 Å². The zero-order valence-electron chi connectivity index (χ0n) is 18.8. The number of rotatable bonds is 3. The molecule has 2 atom stereocenters. The molecule has 1 aliphatic heterocycles. The minimum Gasteiger partial charge on any atom is -0.389 e. The van der Waals surface area contributed by atoms with Crippen LogP contribution in [0, 0.1) is 11.8 Å². The molecule has 0 bridgehead atoms. The predicted molar refractivity (Wildman–Crippen MR) is 139 cm³/mol. The molecule has 1 saturated heterocycles. The lowest BCUT2D eigenvalue weighted by Crippen LogP contribution is -2.53. The molecule has 2 aromatic carbocycles. The Hall–Kier alpha value is -2.72. The average Bonchev–Trinajstić information content (AvgIpc) is 3.23. The minimum absolute atomic E-state index is 0.488. The Kier molecular flexibility index (Phi) is 6.44. The second-order valence-corrected chi connectivity index (χ2v) is 10.6. The summed E-state index contributed by atoms with van der Waals surface area (Å²) in [6, 6.07) is 20.1. The van der Waals surface area contributed by atoms with Gasteiger partial charge in [0.25, 0.3) is 0 Å². The summed E-state index contributed by atoms with van der Waals surface area (Å²) in [5.74, 6) is 6.39. The third-order valence-electron chi connectivity index (χ3n) is 6.31. The number of aromatic nitrogens is 1. The summed E-state index contributed by atoms with van der Waals surface area (Å²) in [5.41, 5.74) is 2.78. The van der Waals surface area contributed by atoms with Crippen LogP contribution in [0.4, 0.5) is 0 Å². The van der Waals surface area contributed by atoms with E-state index in [9.17, 15) is 10.2 Å². The molecule has 1 unspecified atom stereocenters. The highest BCUT2D eigenvalue weighted by Crippen LogP contribution is 2.29. The Bertz CT molecular complexity index is 1370. The first-order valence-corrected chi connectivity index (χ1v) is 12.4. The number of aliphatic hydroxyl groups excluding tert-OH is 1. The van der Waals surface area contributed by atoms with E-state index in [1.807, 2.05) is 48.7 Å². The Balaban J connectivity index is 1.28. The number of likely N-dealkylation sites (tertiary alicyclic amines) is 1. The van der Waals surface area contributed by atoms with E-state index in [4.69, 9.17) is 11.6 Å². The molecule has 4 aromatic rings. The van der Waals surface area contributed by atoms with E-state index < -0.39 is 11.7 Å². The number of halogens is 1. The highest BCUT2D eigenvalue weighted by molar-refractivity contribution is 7.19. The molecular formula is C28H25ClN2O2S. The van der Waals surface area contributed by atoms with E-state index in [1.54, 1.807) is 18.3 Å². The smallest absolute Gasteiger partial charge is 0.113 e. The highest BCUT2D eigenvalue weighted by Gasteiger charge is 2.36. The molecule has 0 radical (unpaired) electrons. The largest absolute Gasteiger partial charge is 0.389 e. The van der Waals surface area contributed by atoms with Crippen molar-refractivity contribution in [2.24, 2.45) is 0 Å². The van der Waals surface area contributed by atoms with Crippen molar-refractivity contribution in [3.8, 4) is 23.0 Å². The molecule has 1 fully saturated rings. The fraction of sp³-hybridized carbons (Fsp3) is 0.250. The van der Waals surface area contributed by atoms with Crippen LogP contribution >= 0.6 is 22.9 Å². The zero-order valence-corrected chi connectivity index (χ0v) is 20.4. The van der Waals surface area contributed by atoms with Crippen LogP contribution in [0.3, 0.4) is 0 Å². The van der Waals surface area contributed by atoms with Crippen molar-refractivity contribution in [1.82, 2.24) is 9.88 Å². The van der Waals surface area contributed by atoms with Crippen LogP contribution in [0.1, 0.15) is 29.5 Å². The molecule has 5 rings (SSSR count). The van der Waals surface area contributed by atoms with Crippen molar-refractivity contribution < 1.29 is 10.2 Å². The number of β-amino-alcohol motifs (C(OH)–C–C–N with tert-alkyl or cyclic N) is 1. The van der Waals surface area contributed by atoms with Gasteiger partial charge in [-0.15, -0.1) is 11.3 Å². The quantitative estimate of drug-likeness (QED) is 0.382. The van der Waals surface area contributed by atoms with Gasteiger partial charge in [-0.3, -0.25) is 4.90 Å². The average molecular weight is 489 g/mol. The number of aliphatic hydroxyl groups is 2. The molecule has 4 nitrogen and oxygen atoms in total. The number of pyridine rings is 1. The van der Waals surface area contributed by atoms with Crippen LogP contribution in [-0.2, 0) is 6.54 Å². The second kappa shape index (κ2) is 9.50. The van der Waals surface area contributed by atoms with E-state index in [2.05, 4.69) is 39.9 Å². The van der Waals surface area contributed by atoms with Gasteiger partial charge < -0.3 is 10.2 Å². The molecule has 1 aliphatic rings. The van der Waals surface area contributed by atoms with Gasteiger partial charge in [-0.2, -0.15) is 0 Å². The van der Waals surface area contributed by atoms with Crippen LogP contribution in [0.25, 0.3) is 21.2 Å². The molecule has 2 N–H and O–H groups in total. The number of nitrogens with zero attached hydrogens (tertiary/aromatic N) is 2. The SMILES string of the molecule is C[C@@]1(O)CCN(Cc2cc3cc(C#Cc4ccc(-c5ccc(Cl)cc5)cn4)ccc3s2)CC1O. The number of fused-ring (bicyclic) bond motifs is 1. The summed E-state index contributed by atoms with van der Waals surface area (Å²) in [4.78, 5) is 7.94. The number of hydrogen-bond donors (Lipinski definition) is 2. The van der Waals surface area contributed by atoms with Crippen molar-refractivity contribution >= 4 is 33.0 Å². The van der Waals surface area contributed by atoms with E-state index in [1.165, 1.54) is 15.0 Å². The maximum absolute atomic E-state index is 10.2. The van der Waals surface area contributed by atoms with Crippen LogP contribution < -0.4 is 0 Å². The fourth-order valence-electron chi connectivity index (χ4n) is 4.12. The molecule has 34 heavy (non-hydrogen) atoms. The van der Waals surface area contributed by atoms with E-state index in [0.29, 0.717) is 18.0 Å². The van der Waals surface area contributed by atoms with E-state index in [-0.39, 0.29) is 0 Å². The summed E-state index contributed by atoms with van der Waals surface area (Å²) < 4.78 is 1.22. The number of hydrogen-bond acceptors (Lipinski definition) is 5. The van der Waals surface area contributed by atoms with Crippen molar-refractivity contribution in [2.45, 2.75) is 31.6 Å². The Morgan fingerprint density at radius 3 is 2.62 bits per heavy atom. The third kappa shape index (κ3) is 5.17. The van der Waals surface area contributed by atoms with Crippen LogP contribution in [0.5, 0.6) is 0 Å². The van der Waals surface area contributed by atoms with Gasteiger partial charge in [0.05, 0.1) is 11.7 Å². The van der Waals surface area contributed by atoms with Gasteiger partial charge in [-0.25, -0.2) is 4.98 Å². The van der Waals surface area contributed by atoms with Gasteiger partial charge in [0.15, 0.2) is 0 Å². The third-order valence-corrected chi connectivity index (χ3v) is 7.66. The Morgan fingerprint density at radius 2 is 1.88 bits per heavy atom. The Morgan fingerprint density at radius 1 is 1.09 bits per heavy atom. The van der Waals surface area contributed by atoms with Crippen molar-refractivity contribution in [1.29, 1.82) is 0 Å². The maximum Gasteiger partial charge on any atom is 0.113 e. The number of thiophene rings is 1. The molecule has 0 amide bonds. The molecule has 0 saturated carbocycles. The van der Waals surface area contributed by atoms with E-state index in [0.717, 1.165) is 35.5 Å². The van der Waals surface area contributed by atoms with Crippen LogP contribution in [-0.4, -0.2) is 44.9 Å². The molecule has 0 spiro atoms. The first kappa shape index (κ1) is 23.0. The highest BCUT2D eigenvalue weighted by atomic mass is 35.5. The second-order valence-electron chi connectivity index (χ2n) is 9.01. The summed E-state index contributed by atoms with van der Waals surface area (Å²) in [7, 11) is 0. The van der Waals surface area contributed by atoms with E-state index >= 15 is 0 Å². The standard InChI is InChI=1S/C28H25ClN2O2S/c1-28(33)12-13-31(18-27(28)32)17-25-15-22-14-19(3-11-26(22)34-25)2-9-24-10-6-21(16-30-24)20-4-7-23(29)8-5-20/h3-8,10-11,14-16,27,32-33H,12-13,17-18H2,1H3/t27?,28-/m1/s1. The number of piperidine rings is 1. The first-order chi connectivity index (χ1) is 16.4. The Labute approximate surface area is 208 Å². The number of benzene rings is 2. The van der Waals surface area contributed by atoms with Gasteiger partial charge in [0.1, 0.15) is 5.69 Å². The topological polar surface area (TPSA) is 56.6 Å². The molecule has 6 heteroatoms. The van der Waals surface area contributed by atoms with Crippen molar-refractivity contribution in [2.75, 3.05) is 13.1 Å². The molecule has 3 heterocycles. The summed E-state index contributed by atoms with van der Waals surface area (Å²) in [6.07, 6.45) is 1.69. The van der Waals surface area contributed by atoms with Gasteiger partial charge in [0.2, 0.25) is 0 Å². The van der Waals surface area contributed by atoms with Gasteiger partial charge in [-0.05, 0) is 72.7 Å². The molecule has 0 aliphatic carbocycles. The lowest BCUT2D eigenvalue weighted by molar-refractivity contribution is -0.108. The maximum atomic E-state index is 10.2. The summed E-state index contributed by atoms with van der Waals surface area (Å²) in [5, 5.41) is 22.3. The first-order valence-electron chi connectivity index (χ1n) is 11.2. The predicted octanol–water partition coefficient (Wildman–Crippen LogP) is 5.33. The fourth-order valence-corrected chi connectivity index (χ4v) is 5.33. The summed E-state index contributed by atoms with van der Waals surface area (Å²) >= 11 is 7.73. The van der Waals surface area contributed by atoms with Gasteiger partial charge >= 0.3 is 0 Å². The molecule has 2 aromatic heterocycles. The summed E-state index contributed by atoms with van der Waals surface area (Å²) in [6.45, 7) is 3.75. The minimum atomic E-state index is -0.991. The van der Waals surface area contributed by atoms with Crippen molar-refractivity contribution in [3.05, 3.63) is 88.0 Å². The molecular weight excluding hydrogens is 464 g/mol. The lowest BCUT2D eigenvalue weighted by atomic mass is 9.91. The van der Waals surface area contributed by atoms with Crippen LogP contribution in [0.2, 0.25) is 5.02 Å². The monoisotopic (exact) mass is 488 g/mol. The normalized spacial score (nSPS) is 20.8.